The molecule has 0 aliphatic rings. The van der Waals surface area contributed by atoms with Crippen LogP contribution < -0.4 is 14.6 Å². The molecule has 0 atom stereocenters. The molecule has 33 heavy (non-hydrogen) atoms. The van der Waals surface area contributed by atoms with E-state index in [-0.39, 0.29) is 11.5 Å². The Bertz CT molecular complexity index is 1260. The van der Waals surface area contributed by atoms with E-state index < -0.39 is 5.91 Å². The molecule has 4 rings (SSSR count). The number of benzene rings is 1. The third-order valence-corrected chi connectivity index (χ3v) is 5.65. The maximum atomic E-state index is 13.1. The molecule has 3 aromatic heterocycles. The molecule has 0 unspecified atom stereocenters. The third-order valence-electron chi connectivity index (χ3n) is 5.11. The zero-order valence-electron chi connectivity index (χ0n) is 18.0. The second-order valence-electron chi connectivity index (χ2n) is 7.23. The first-order chi connectivity index (χ1) is 16.1. The van der Waals surface area contributed by atoms with Crippen LogP contribution in [-0.4, -0.2) is 37.0 Å². The quantitative estimate of drug-likeness (QED) is 0.225. The van der Waals surface area contributed by atoms with Crippen molar-refractivity contribution in [2.45, 2.75) is 19.8 Å². The number of aromatic nitrogens is 5. The molecule has 168 valence electrons. The summed E-state index contributed by atoms with van der Waals surface area (Å²) >= 11 is 2.13. The second-order valence-corrected chi connectivity index (χ2v) is 8.00. The van der Waals surface area contributed by atoms with Crippen LogP contribution in [0.1, 0.15) is 28.8 Å². The number of nitrogens with two attached hydrogens (primary N) is 1. The van der Waals surface area contributed by atoms with E-state index in [4.69, 9.17) is 5.73 Å². The Morgan fingerprint density at radius 2 is 1.94 bits per heavy atom. The van der Waals surface area contributed by atoms with Crippen LogP contribution in [-0.2, 0) is 12.8 Å². The van der Waals surface area contributed by atoms with E-state index in [0.717, 1.165) is 36.5 Å². The van der Waals surface area contributed by atoms with E-state index in [2.05, 4.69) is 51.6 Å². The van der Waals surface area contributed by atoms with Gasteiger partial charge < -0.3 is 15.6 Å². The van der Waals surface area contributed by atoms with E-state index in [1.54, 1.807) is 24.8 Å². The number of hydrogen-bond acceptors (Lipinski definition) is 7. The van der Waals surface area contributed by atoms with Gasteiger partial charge >= 0.3 is 0 Å². The lowest BCUT2D eigenvalue weighted by atomic mass is 10.1. The summed E-state index contributed by atoms with van der Waals surface area (Å²) in [7, 11) is 0. The van der Waals surface area contributed by atoms with Gasteiger partial charge in [-0.2, -0.15) is 0 Å². The normalized spacial score (nSPS) is 10.8. The Hall–Kier alpha value is -3.38. The van der Waals surface area contributed by atoms with Gasteiger partial charge in [-0.05, 0) is 18.1 Å². The number of aryl methyl sites for hydroxylation is 1. The van der Waals surface area contributed by atoms with Crippen LogP contribution in [0, 0.1) is 0 Å². The van der Waals surface area contributed by atoms with Gasteiger partial charge in [-0.3, -0.25) is 13.3 Å². The van der Waals surface area contributed by atoms with E-state index in [0.29, 0.717) is 11.4 Å². The van der Waals surface area contributed by atoms with Crippen molar-refractivity contribution in [1.29, 1.82) is 0 Å². The summed E-state index contributed by atoms with van der Waals surface area (Å²) in [5.41, 5.74) is 9.98. The Morgan fingerprint density at radius 1 is 1.12 bits per heavy atom. The van der Waals surface area contributed by atoms with E-state index >= 15 is 0 Å². The first-order valence-corrected chi connectivity index (χ1v) is 11.5. The molecule has 0 saturated carbocycles. The summed E-state index contributed by atoms with van der Waals surface area (Å²) in [4.78, 5) is 30.3. The largest absolute Gasteiger partial charge is 0.382 e. The molecule has 0 spiro atoms. The van der Waals surface area contributed by atoms with Gasteiger partial charge in [0.05, 0.1) is 29.5 Å². The first kappa shape index (κ1) is 22.8. The van der Waals surface area contributed by atoms with Crippen molar-refractivity contribution in [3.63, 3.8) is 0 Å². The number of halogens is 1. The summed E-state index contributed by atoms with van der Waals surface area (Å²) in [5.74, 6) is 0.470. The maximum Gasteiger partial charge on any atom is 0.278 e. The molecule has 0 radical (unpaired) electrons. The Balaban J connectivity index is 1.60. The summed E-state index contributed by atoms with van der Waals surface area (Å²) in [6.45, 7) is 2.91. The van der Waals surface area contributed by atoms with Crippen LogP contribution in [0.15, 0.2) is 61.3 Å². The standard InChI is InChI=1S/C23H23IN8O/c1-2-20-27-11-12-32(20)19-8-9-26-13-18(19)31-23(33)21-22(25)28-14-17(30-21)16-5-3-15(4-6-16)7-10-29-24/h3-6,8-9,11-14,29H,2,7,10H2,1H3,(H2,25,28)(H,31,33). The van der Waals surface area contributed by atoms with Gasteiger partial charge in [0.2, 0.25) is 0 Å². The van der Waals surface area contributed by atoms with Crippen LogP contribution in [0.2, 0.25) is 0 Å². The Labute approximate surface area is 205 Å². The third kappa shape index (κ3) is 5.17. The minimum atomic E-state index is -0.459. The molecule has 10 heteroatoms. The lowest BCUT2D eigenvalue weighted by Crippen LogP contribution is -2.18. The maximum absolute atomic E-state index is 13.1. The molecule has 0 aliphatic heterocycles. The van der Waals surface area contributed by atoms with Gasteiger partial charge in [0.1, 0.15) is 5.82 Å². The lowest BCUT2D eigenvalue weighted by molar-refractivity contribution is 0.102. The predicted molar refractivity (Wildman–Crippen MR) is 136 cm³/mol. The molecule has 0 fully saturated rings. The van der Waals surface area contributed by atoms with Gasteiger partial charge in [-0.25, -0.2) is 15.0 Å². The van der Waals surface area contributed by atoms with Crippen molar-refractivity contribution in [2.24, 2.45) is 0 Å². The number of imidazole rings is 1. The van der Waals surface area contributed by atoms with Crippen molar-refractivity contribution in [3.8, 4) is 16.9 Å². The highest BCUT2D eigenvalue weighted by Crippen LogP contribution is 2.23. The van der Waals surface area contributed by atoms with Crippen LogP contribution in [0.25, 0.3) is 16.9 Å². The topological polar surface area (TPSA) is 124 Å². The number of carbonyl (C=O) groups is 1. The minimum absolute atomic E-state index is 0.0573. The molecule has 3 heterocycles. The van der Waals surface area contributed by atoms with Gasteiger partial charge in [0.25, 0.3) is 5.91 Å². The van der Waals surface area contributed by atoms with Gasteiger partial charge in [0, 0.05) is 60.0 Å². The molecule has 0 saturated heterocycles. The molecular weight excluding hydrogens is 531 g/mol. The number of nitrogen functional groups attached to an aromatic ring is 1. The molecular formula is C23H23IN8O. The smallest absolute Gasteiger partial charge is 0.278 e. The summed E-state index contributed by atoms with van der Waals surface area (Å²) < 4.78 is 5.02. The van der Waals surface area contributed by atoms with Gasteiger partial charge in [-0.1, -0.05) is 31.2 Å². The monoisotopic (exact) mass is 554 g/mol. The van der Waals surface area contributed by atoms with E-state index in [9.17, 15) is 4.79 Å². The molecule has 4 N–H and O–H groups in total. The molecule has 0 bridgehead atoms. The first-order valence-electron chi connectivity index (χ1n) is 10.4. The number of pyridine rings is 1. The molecule has 9 nitrogen and oxygen atoms in total. The zero-order valence-corrected chi connectivity index (χ0v) is 20.2. The molecule has 0 aliphatic carbocycles. The van der Waals surface area contributed by atoms with Crippen molar-refractivity contribution >= 4 is 40.3 Å². The number of anilines is 2. The number of hydrogen-bond donors (Lipinski definition) is 3. The molecule has 1 amide bonds. The fourth-order valence-electron chi connectivity index (χ4n) is 3.43. The number of amides is 1. The van der Waals surface area contributed by atoms with Gasteiger partial charge in [0.15, 0.2) is 11.5 Å². The highest BCUT2D eigenvalue weighted by molar-refractivity contribution is 14.1. The SMILES string of the molecule is CCc1nccn1-c1ccncc1NC(=O)c1nc(-c2ccc(CCNI)cc2)cnc1N. The summed E-state index contributed by atoms with van der Waals surface area (Å²) in [6, 6.07) is 9.83. The van der Waals surface area contributed by atoms with E-state index in [1.807, 2.05) is 48.0 Å². The number of rotatable bonds is 8. The second kappa shape index (κ2) is 10.5. The Morgan fingerprint density at radius 3 is 2.70 bits per heavy atom. The van der Waals surface area contributed by atoms with Crippen LogP contribution >= 0.6 is 22.9 Å². The van der Waals surface area contributed by atoms with Crippen molar-refractivity contribution in [3.05, 3.63) is 78.4 Å². The zero-order chi connectivity index (χ0) is 23.2. The fourth-order valence-corrected chi connectivity index (χ4v) is 3.70. The predicted octanol–water partition coefficient (Wildman–Crippen LogP) is 3.60. The average molecular weight is 554 g/mol. The lowest BCUT2D eigenvalue weighted by Gasteiger charge is -2.13. The van der Waals surface area contributed by atoms with E-state index in [1.165, 1.54) is 5.56 Å². The van der Waals surface area contributed by atoms with Crippen molar-refractivity contribution < 1.29 is 4.79 Å². The molecule has 4 aromatic rings. The highest BCUT2D eigenvalue weighted by atomic mass is 127. The van der Waals surface area contributed by atoms with Crippen LogP contribution in [0.4, 0.5) is 11.5 Å². The minimum Gasteiger partial charge on any atom is -0.382 e. The van der Waals surface area contributed by atoms with Crippen LogP contribution in [0.5, 0.6) is 0 Å². The highest BCUT2D eigenvalue weighted by Gasteiger charge is 2.18. The van der Waals surface area contributed by atoms with Crippen molar-refractivity contribution in [1.82, 2.24) is 28.0 Å². The number of carbonyl (C=O) groups excluding carboxylic acids is 1. The summed E-state index contributed by atoms with van der Waals surface area (Å²) in [6.07, 6.45) is 10.1. The molecule has 1 aromatic carbocycles. The number of nitrogens with zero attached hydrogens (tertiary/aromatic N) is 5. The van der Waals surface area contributed by atoms with Gasteiger partial charge in [-0.15, -0.1) is 0 Å². The fraction of sp³-hybridized carbons (Fsp3) is 0.174. The summed E-state index contributed by atoms with van der Waals surface area (Å²) in [5, 5.41) is 2.88. The Kier molecular flexibility index (Phi) is 7.25. The van der Waals surface area contributed by atoms with Crippen LogP contribution in [0.3, 0.4) is 0 Å². The van der Waals surface area contributed by atoms with Crippen molar-refractivity contribution in [2.75, 3.05) is 17.6 Å². The number of nitrogens with one attached hydrogen (secondary N) is 2. The average Bonchev–Trinajstić information content (AvgIpc) is 3.32.